The zero-order valence-corrected chi connectivity index (χ0v) is 17.6. The number of fused-ring (bicyclic) bond motifs is 1. The Balaban J connectivity index is 1.46. The van der Waals surface area contributed by atoms with Crippen LogP contribution >= 0.6 is 11.6 Å². The highest BCUT2D eigenvalue weighted by molar-refractivity contribution is 6.30. The van der Waals surface area contributed by atoms with Gasteiger partial charge in [-0.05, 0) is 43.2 Å². The first-order chi connectivity index (χ1) is 14.6. The van der Waals surface area contributed by atoms with Crippen LogP contribution in [-0.4, -0.2) is 32.6 Å². The van der Waals surface area contributed by atoms with Gasteiger partial charge in [0.2, 0.25) is 0 Å². The van der Waals surface area contributed by atoms with Gasteiger partial charge in [-0.1, -0.05) is 24.4 Å². The molecule has 0 aromatic heterocycles. The van der Waals surface area contributed by atoms with Gasteiger partial charge in [0.25, 0.3) is 5.85 Å². The summed E-state index contributed by atoms with van der Waals surface area (Å²) >= 11 is 5.86. The monoisotopic (exact) mass is 432 g/mol. The van der Waals surface area contributed by atoms with E-state index in [9.17, 15) is 4.39 Å². The first-order valence-electron chi connectivity index (χ1n) is 10.2. The van der Waals surface area contributed by atoms with E-state index in [-0.39, 0.29) is 5.69 Å². The van der Waals surface area contributed by atoms with Crippen molar-refractivity contribution >= 4 is 29.3 Å². The molecule has 160 valence electrons. The second-order valence-electron chi connectivity index (χ2n) is 7.49. The molecule has 3 N–H and O–H groups in total. The molecule has 1 fully saturated rings. The minimum atomic E-state index is -1.27. The van der Waals surface area contributed by atoms with Crippen molar-refractivity contribution < 1.29 is 13.9 Å². The van der Waals surface area contributed by atoms with Crippen molar-refractivity contribution in [2.75, 3.05) is 30.9 Å². The van der Waals surface area contributed by atoms with Gasteiger partial charge >= 0.3 is 0 Å². The van der Waals surface area contributed by atoms with E-state index in [1.54, 1.807) is 12.1 Å². The summed E-state index contributed by atoms with van der Waals surface area (Å²) in [6.07, 6.45) is 6.65. The molecular weight excluding hydrogens is 407 g/mol. The maximum Gasteiger partial charge on any atom is 0.267 e. The smallest absolute Gasteiger partial charge is 0.267 e. The maximum absolute atomic E-state index is 14.3. The van der Waals surface area contributed by atoms with Crippen LogP contribution in [-0.2, 0) is 10.6 Å². The summed E-state index contributed by atoms with van der Waals surface area (Å²) in [5.41, 5.74) is 1.73. The van der Waals surface area contributed by atoms with E-state index in [0.717, 1.165) is 23.5 Å². The van der Waals surface area contributed by atoms with Crippen molar-refractivity contribution in [2.45, 2.75) is 37.6 Å². The first-order valence-corrected chi connectivity index (χ1v) is 10.6. The topological polar surface area (TPSA) is 66.9 Å². The molecule has 2 aliphatic rings. The van der Waals surface area contributed by atoms with Gasteiger partial charge in [-0.2, -0.15) is 0 Å². The molecule has 0 bridgehead atoms. The number of benzene rings is 2. The molecule has 4 rings (SSSR count). The summed E-state index contributed by atoms with van der Waals surface area (Å²) in [6, 6.07) is 10.7. The van der Waals surface area contributed by atoms with Crippen molar-refractivity contribution in [1.29, 1.82) is 0 Å². The summed E-state index contributed by atoms with van der Waals surface area (Å²) in [7, 11) is 1.52. The van der Waals surface area contributed by atoms with Crippen LogP contribution in [0.2, 0.25) is 5.02 Å². The van der Waals surface area contributed by atoms with Crippen LogP contribution in [0.5, 0.6) is 5.75 Å². The summed E-state index contributed by atoms with van der Waals surface area (Å²) in [5.74, 6) is -1.01. The highest BCUT2D eigenvalue weighted by Gasteiger charge is 2.36. The SMILES string of the molecule is COC1(Nc2ccc(Cl)cc2F)N=CNc2cc(OCCNC3CCCC3)ccc21. The molecule has 2 aromatic rings. The number of rotatable bonds is 8. The second kappa shape index (κ2) is 9.20. The third-order valence-corrected chi connectivity index (χ3v) is 5.75. The zero-order chi connectivity index (χ0) is 21.0. The van der Waals surface area contributed by atoms with E-state index in [2.05, 4.69) is 20.9 Å². The van der Waals surface area contributed by atoms with Crippen LogP contribution in [0.1, 0.15) is 31.2 Å². The number of nitrogens with one attached hydrogen (secondary N) is 3. The van der Waals surface area contributed by atoms with Gasteiger partial charge in [-0.25, -0.2) is 9.38 Å². The normalized spacial score (nSPS) is 20.6. The van der Waals surface area contributed by atoms with Gasteiger partial charge in [0.05, 0.1) is 23.3 Å². The lowest BCUT2D eigenvalue weighted by molar-refractivity contribution is 0.0188. The fraction of sp³-hybridized carbons (Fsp3) is 0.409. The summed E-state index contributed by atoms with van der Waals surface area (Å²) in [4.78, 5) is 4.41. The molecular formula is C22H26ClFN4O2. The van der Waals surface area contributed by atoms with Crippen LogP contribution in [0.15, 0.2) is 41.4 Å². The van der Waals surface area contributed by atoms with Crippen LogP contribution in [0, 0.1) is 5.82 Å². The van der Waals surface area contributed by atoms with E-state index in [1.807, 2.05) is 18.2 Å². The minimum absolute atomic E-state index is 0.240. The second-order valence-corrected chi connectivity index (χ2v) is 7.93. The third kappa shape index (κ3) is 4.53. The molecule has 0 amide bonds. The maximum atomic E-state index is 14.3. The van der Waals surface area contributed by atoms with Gasteiger partial charge < -0.3 is 25.4 Å². The first kappa shape index (κ1) is 20.9. The molecule has 1 unspecified atom stereocenters. The molecule has 1 heterocycles. The van der Waals surface area contributed by atoms with Gasteiger partial charge in [0, 0.05) is 30.8 Å². The minimum Gasteiger partial charge on any atom is -0.492 e. The number of methoxy groups -OCH3 is 1. The number of nitrogens with zero attached hydrogens (tertiary/aromatic N) is 1. The number of anilines is 2. The molecule has 0 radical (unpaired) electrons. The summed E-state index contributed by atoms with van der Waals surface area (Å²) in [6.45, 7) is 1.41. The van der Waals surface area contributed by atoms with E-state index in [0.29, 0.717) is 17.7 Å². The van der Waals surface area contributed by atoms with Gasteiger partial charge in [-0.15, -0.1) is 0 Å². The van der Waals surface area contributed by atoms with Gasteiger partial charge in [0.15, 0.2) is 0 Å². The van der Waals surface area contributed by atoms with Crippen molar-refractivity contribution in [3.63, 3.8) is 0 Å². The standard InChI is InChI=1S/C22H26ClFN4O2/c1-29-22(28-20-9-6-15(23)12-19(20)24)18-8-7-17(13-21(18)26-14-27-22)30-11-10-25-16-4-2-3-5-16/h6-9,12-14,16,25,28H,2-5,10-11H2,1H3,(H,26,27). The third-order valence-electron chi connectivity index (χ3n) is 5.51. The predicted octanol–water partition coefficient (Wildman–Crippen LogP) is 4.71. The molecule has 0 spiro atoms. The fourth-order valence-electron chi connectivity index (χ4n) is 3.94. The van der Waals surface area contributed by atoms with E-state index >= 15 is 0 Å². The Labute approximate surface area is 180 Å². The lowest BCUT2D eigenvalue weighted by Crippen LogP contribution is -2.39. The Morgan fingerprint density at radius 2 is 2.07 bits per heavy atom. The average Bonchev–Trinajstić information content (AvgIpc) is 3.27. The van der Waals surface area contributed by atoms with Crippen LogP contribution in [0.4, 0.5) is 15.8 Å². The highest BCUT2D eigenvalue weighted by Crippen LogP contribution is 2.38. The predicted molar refractivity (Wildman–Crippen MR) is 118 cm³/mol. The number of hydrogen-bond acceptors (Lipinski definition) is 6. The average molecular weight is 433 g/mol. The quantitative estimate of drug-likeness (QED) is 0.416. The van der Waals surface area contributed by atoms with Crippen molar-refractivity contribution in [3.8, 4) is 5.75 Å². The Morgan fingerprint density at radius 3 is 2.83 bits per heavy atom. The van der Waals surface area contributed by atoms with Crippen LogP contribution in [0.25, 0.3) is 0 Å². The van der Waals surface area contributed by atoms with Crippen molar-refractivity contribution in [3.05, 3.63) is 52.8 Å². The summed E-state index contributed by atoms with van der Waals surface area (Å²) < 4.78 is 25.9. The molecule has 1 atom stereocenters. The Hall–Kier alpha value is -2.35. The van der Waals surface area contributed by atoms with Crippen LogP contribution in [0.3, 0.4) is 0 Å². The van der Waals surface area contributed by atoms with Crippen molar-refractivity contribution in [2.24, 2.45) is 4.99 Å². The van der Waals surface area contributed by atoms with Gasteiger partial charge in [0.1, 0.15) is 18.2 Å². The molecule has 8 heteroatoms. The Kier molecular flexibility index (Phi) is 6.41. The number of hydrogen-bond donors (Lipinski definition) is 3. The summed E-state index contributed by atoms with van der Waals surface area (Å²) in [5, 5.41) is 10.0. The lowest BCUT2D eigenvalue weighted by atomic mass is 10.1. The van der Waals surface area contributed by atoms with E-state index in [1.165, 1.54) is 45.2 Å². The largest absolute Gasteiger partial charge is 0.492 e. The lowest BCUT2D eigenvalue weighted by Gasteiger charge is -2.34. The van der Waals surface area contributed by atoms with Crippen molar-refractivity contribution in [1.82, 2.24) is 5.32 Å². The molecule has 6 nitrogen and oxygen atoms in total. The molecule has 2 aromatic carbocycles. The molecule has 0 saturated heterocycles. The molecule has 1 saturated carbocycles. The molecule has 1 aliphatic carbocycles. The van der Waals surface area contributed by atoms with E-state index < -0.39 is 11.7 Å². The van der Waals surface area contributed by atoms with E-state index in [4.69, 9.17) is 21.1 Å². The zero-order valence-electron chi connectivity index (χ0n) is 16.9. The molecule has 30 heavy (non-hydrogen) atoms. The Bertz CT molecular complexity index is 920. The molecule has 1 aliphatic heterocycles. The van der Waals surface area contributed by atoms with Crippen LogP contribution < -0.4 is 20.7 Å². The fourth-order valence-corrected chi connectivity index (χ4v) is 4.10. The highest BCUT2D eigenvalue weighted by atomic mass is 35.5. The number of ether oxygens (including phenoxy) is 2. The number of aliphatic imine (C=N–C) groups is 1. The Morgan fingerprint density at radius 1 is 1.23 bits per heavy atom. The number of halogens is 2. The van der Waals surface area contributed by atoms with Gasteiger partial charge in [-0.3, -0.25) is 0 Å².